The molecular weight excluding hydrogens is 384 g/mol. The maximum absolute atomic E-state index is 13.0. The van der Waals surface area contributed by atoms with E-state index in [1.165, 1.54) is 6.42 Å². The molecule has 0 radical (unpaired) electrons. The fourth-order valence-corrected chi connectivity index (χ4v) is 5.37. The van der Waals surface area contributed by atoms with Gasteiger partial charge in [0.15, 0.2) is 0 Å². The van der Waals surface area contributed by atoms with E-state index in [9.17, 15) is 4.79 Å². The van der Waals surface area contributed by atoms with Crippen LogP contribution >= 0.6 is 11.3 Å². The molecule has 0 saturated carbocycles. The van der Waals surface area contributed by atoms with Crippen LogP contribution in [0.2, 0.25) is 0 Å². The van der Waals surface area contributed by atoms with Gasteiger partial charge in [-0.25, -0.2) is 9.78 Å². The van der Waals surface area contributed by atoms with Gasteiger partial charge in [0.1, 0.15) is 15.8 Å². The lowest BCUT2D eigenvalue weighted by molar-refractivity contribution is 0.0692. The summed E-state index contributed by atoms with van der Waals surface area (Å²) in [4.78, 5) is 19.5. The van der Waals surface area contributed by atoms with E-state index in [1.807, 2.05) is 30.0 Å². The standard InChI is InChI=1S/C21H24N6OS/c1-12-25-26-20(29-12)13-5-6-14-11-23-19(8-15(14)7-13)24-21(28)27-17-3-2-4-18(27)10-16(22)9-17/h5-8,11,16-18H,2-4,9-10,22H2,1H3,(H,23,24,28)/t16?,17-,18+. The molecule has 2 aliphatic rings. The summed E-state index contributed by atoms with van der Waals surface area (Å²) < 4.78 is 0. The van der Waals surface area contributed by atoms with E-state index in [4.69, 9.17) is 5.73 Å². The molecule has 7 nitrogen and oxygen atoms in total. The molecule has 1 unspecified atom stereocenters. The number of nitrogens with two attached hydrogens (primary N) is 1. The van der Waals surface area contributed by atoms with Gasteiger partial charge in [-0.1, -0.05) is 23.5 Å². The molecule has 5 rings (SSSR count). The second-order valence-corrected chi connectivity index (χ2v) is 9.25. The van der Waals surface area contributed by atoms with Crippen LogP contribution in [0.15, 0.2) is 30.5 Å². The minimum absolute atomic E-state index is 0.0608. The number of hydrogen-bond donors (Lipinski definition) is 2. The fourth-order valence-electron chi connectivity index (χ4n) is 4.68. The summed E-state index contributed by atoms with van der Waals surface area (Å²) in [6, 6.07) is 8.68. The molecule has 0 spiro atoms. The maximum atomic E-state index is 13.0. The van der Waals surface area contributed by atoms with E-state index in [0.717, 1.165) is 52.0 Å². The van der Waals surface area contributed by atoms with Crippen molar-refractivity contribution in [1.29, 1.82) is 0 Å². The lowest BCUT2D eigenvalue weighted by Gasteiger charge is -2.47. The number of aryl methyl sites for hydroxylation is 1. The van der Waals surface area contributed by atoms with Crippen LogP contribution in [0.4, 0.5) is 10.6 Å². The van der Waals surface area contributed by atoms with Crippen LogP contribution in [0.1, 0.15) is 37.1 Å². The molecule has 2 saturated heterocycles. The van der Waals surface area contributed by atoms with Crippen molar-refractivity contribution in [3.63, 3.8) is 0 Å². The van der Waals surface area contributed by atoms with Gasteiger partial charge in [0.05, 0.1) is 0 Å². The highest BCUT2D eigenvalue weighted by Gasteiger charge is 2.39. The smallest absolute Gasteiger partial charge is 0.323 e. The topological polar surface area (TPSA) is 97.0 Å². The quantitative estimate of drug-likeness (QED) is 0.669. The van der Waals surface area contributed by atoms with E-state index < -0.39 is 0 Å². The number of nitrogens with one attached hydrogen (secondary N) is 1. The first kappa shape index (κ1) is 18.4. The Morgan fingerprint density at radius 2 is 1.97 bits per heavy atom. The number of amides is 2. The van der Waals surface area contributed by atoms with Crippen LogP contribution in [0.3, 0.4) is 0 Å². The first-order valence-electron chi connectivity index (χ1n) is 10.1. The molecule has 2 aliphatic heterocycles. The Balaban J connectivity index is 1.39. The summed E-state index contributed by atoms with van der Waals surface area (Å²) in [7, 11) is 0. The minimum Gasteiger partial charge on any atom is -0.328 e. The van der Waals surface area contributed by atoms with Crippen LogP contribution in [0.25, 0.3) is 21.3 Å². The number of benzene rings is 1. The van der Waals surface area contributed by atoms with Crippen LogP contribution in [0.5, 0.6) is 0 Å². The zero-order valence-electron chi connectivity index (χ0n) is 16.3. The van der Waals surface area contributed by atoms with Gasteiger partial charge in [-0.2, -0.15) is 0 Å². The number of carbonyl (C=O) groups excluding carboxylic acids is 1. The average Bonchev–Trinajstić information content (AvgIpc) is 3.13. The van der Waals surface area contributed by atoms with Crippen molar-refractivity contribution in [3.05, 3.63) is 35.5 Å². The summed E-state index contributed by atoms with van der Waals surface area (Å²) >= 11 is 1.57. The predicted molar refractivity (Wildman–Crippen MR) is 115 cm³/mol. The Bertz CT molecular complexity index is 1050. The van der Waals surface area contributed by atoms with Gasteiger partial charge in [-0.15, -0.1) is 10.2 Å². The SMILES string of the molecule is Cc1nnc(-c2ccc3cnc(NC(=O)N4[C@@H]5CCC[C@H]4CC(N)C5)cc3c2)s1. The largest absolute Gasteiger partial charge is 0.328 e. The van der Waals surface area contributed by atoms with Gasteiger partial charge >= 0.3 is 6.03 Å². The van der Waals surface area contributed by atoms with Crippen molar-refractivity contribution in [2.45, 2.75) is 57.2 Å². The Morgan fingerprint density at radius 3 is 2.69 bits per heavy atom. The normalized spacial score (nSPS) is 23.9. The van der Waals surface area contributed by atoms with Gasteiger partial charge in [0, 0.05) is 35.3 Å². The molecule has 3 N–H and O–H groups in total. The molecule has 4 heterocycles. The Kier molecular flexibility index (Phi) is 4.67. The fraction of sp³-hybridized carbons (Fsp3) is 0.429. The third-order valence-corrected chi connectivity index (χ3v) is 6.86. The van der Waals surface area contributed by atoms with Gasteiger partial charge in [0.25, 0.3) is 0 Å². The number of hydrogen-bond acceptors (Lipinski definition) is 6. The van der Waals surface area contributed by atoms with E-state index >= 15 is 0 Å². The highest BCUT2D eigenvalue weighted by molar-refractivity contribution is 7.14. The Morgan fingerprint density at radius 1 is 1.17 bits per heavy atom. The summed E-state index contributed by atoms with van der Waals surface area (Å²) in [6.07, 6.45) is 6.82. The lowest BCUT2D eigenvalue weighted by atomic mass is 9.82. The second-order valence-electron chi connectivity index (χ2n) is 8.07. The van der Waals surface area contributed by atoms with Crippen molar-refractivity contribution in [1.82, 2.24) is 20.1 Å². The third kappa shape index (κ3) is 3.58. The third-order valence-electron chi connectivity index (χ3n) is 5.98. The molecule has 2 amide bonds. The van der Waals surface area contributed by atoms with Gasteiger partial charge in [-0.3, -0.25) is 5.32 Å². The van der Waals surface area contributed by atoms with E-state index in [1.54, 1.807) is 17.5 Å². The summed E-state index contributed by atoms with van der Waals surface area (Å²) in [5.74, 6) is 0.570. The van der Waals surface area contributed by atoms with Crippen LogP contribution in [0, 0.1) is 6.92 Å². The van der Waals surface area contributed by atoms with Gasteiger partial charge in [0.2, 0.25) is 0 Å². The molecule has 3 atom stereocenters. The van der Waals surface area contributed by atoms with Crippen molar-refractivity contribution >= 4 is 34.0 Å². The minimum atomic E-state index is -0.0608. The zero-order valence-corrected chi connectivity index (χ0v) is 17.2. The number of anilines is 1. The monoisotopic (exact) mass is 408 g/mol. The number of carbonyl (C=O) groups is 1. The highest BCUT2D eigenvalue weighted by atomic mass is 32.1. The molecule has 1 aromatic carbocycles. The summed E-state index contributed by atoms with van der Waals surface area (Å²) in [6.45, 7) is 1.95. The maximum Gasteiger partial charge on any atom is 0.323 e. The number of rotatable bonds is 2. The number of pyridine rings is 1. The number of nitrogens with zero attached hydrogens (tertiary/aromatic N) is 4. The molecule has 150 valence electrons. The van der Waals surface area contributed by atoms with Crippen LogP contribution in [-0.4, -0.2) is 44.2 Å². The van der Waals surface area contributed by atoms with Crippen molar-refractivity contribution in [2.75, 3.05) is 5.32 Å². The van der Waals surface area contributed by atoms with Crippen molar-refractivity contribution in [2.24, 2.45) is 5.73 Å². The molecule has 0 aliphatic carbocycles. The van der Waals surface area contributed by atoms with Crippen molar-refractivity contribution in [3.8, 4) is 10.6 Å². The lowest BCUT2D eigenvalue weighted by Crippen LogP contribution is -2.58. The number of piperidine rings is 2. The van der Waals surface area contributed by atoms with E-state index in [-0.39, 0.29) is 24.2 Å². The summed E-state index contributed by atoms with van der Waals surface area (Å²) in [5.41, 5.74) is 7.21. The molecule has 29 heavy (non-hydrogen) atoms. The average molecular weight is 409 g/mol. The molecule has 3 aromatic rings. The zero-order chi connectivity index (χ0) is 20.0. The molecule has 2 aromatic heterocycles. The molecule has 2 fully saturated rings. The van der Waals surface area contributed by atoms with E-state index in [2.05, 4.69) is 26.6 Å². The first-order valence-corrected chi connectivity index (χ1v) is 10.9. The van der Waals surface area contributed by atoms with Gasteiger partial charge in [-0.05, 0) is 56.5 Å². The first-order chi connectivity index (χ1) is 14.1. The molecular formula is C21H24N6OS. The van der Waals surface area contributed by atoms with E-state index in [0.29, 0.717) is 5.82 Å². The van der Waals surface area contributed by atoms with Gasteiger partial charge < -0.3 is 10.6 Å². The number of aromatic nitrogens is 3. The molecule has 2 bridgehead atoms. The van der Waals surface area contributed by atoms with Crippen LogP contribution in [-0.2, 0) is 0 Å². The predicted octanol–water partition coefficient (Wildman–Crippen LogP) is 3.94. The summed E-state index contributed by atoms with van der Waals surface area (Å²) in [5, 5.41) is 15.2. The van der Waals surface area contributed by atoms with Crippen molar-refractivity contribution < 1.29 is 4.79 Å². The Hall–Kier alpha value is -2.58. The molecule has 8 heteroatoms. The number of urea groups is 1. The second kappa shape index (κ2) is 7.35. The Labute approximate surface area is 173 Å². The van der Waals surface area contributed by atoms with Crippen LogP contribution < -0.4 is 11.1 Å². The number of fused-ring (bicyclic) bond motifs is 3. The highest BCUT2D eigenvalue weighted by Crippen LogP contribution is 2.34.